The molecule has 0 saturated carbocycles. The van der Waals surface area contributed by atoms with Crippen molar-refractivity contribution in [2.45, 2.75) is 33.1 Å². The van der Waals surface area contributed by atoms with Gasteiger partial charge in [-0.2, -0.15) is 0 Å². The highest BCUT2D eigenvalue weighted by Gasteiger charge is 2.12. The molecule has 1 aromatic rings. The van der Waals surface area contributed by atoms with E-state index in [0.29, 0.717) is 5.92 Å². The van der Waals surface area contributed by atoms with E-state index in [2.05, 4.69) is 13.8 Å². The van der Waals surface area contributed by atoms with Crippen molar-refractivity contribution in [2.24, 2.45) is 5.92 Å². The molecule has 0 aliphatic carbocycles. The minimum absolute atomic E-state index is 0. The molecule has 0 bridgehead atoms. The summed E-state index contributed by atoms with van der Waals surface area (Å²) in [6, 6.07) is 7.87. The first-order chi connectivity index (χ1) is 7.00. The summed E-state index contributed by atoms with van der Waals surface area (Å²) in [5, 5.41) is 8.85. The molecule has 0 heterocycles. The second-order valence-electron chi connectivity index (χ2n) is 4.40. The van der Waals surface area contributed by atoms with E-state index in [1.165, 1.54) is 5.56 Å². The lowest BCUT2D eigenvalue weighted by Crippen LogP contribution is -2.07. The largest absolute Gasteiger partial charge is 0.481 e. The van der Waals surface area contributed by atoms with Gasteiger partial charge >= 0.3 is 29.0 Å². The lowest BCUT2D eigenvalue weighted by molar-refractivity contribution is -0.138. The van der Waals surface area contributed by atoms with Crippen molar-refractivity contribution in [3.8, 4) is 0 Å². The summed E-state index contributed by atoms with van der Waals surface area (Å²) >= 11 is 0. The molecule has 86 valence electrons. The van der Waals surface area contributed by atoms with E-state index in [0.717, 1.165) is 12.0 Å². The first kappa shape index (κ1) is 15.5. The van der Waals surface area contributed by atoms with Crippen LogP contribution in [0, 0.1) is 5.92 Å². The third kappa shape index (κ3) is 4.54. The molecular formula is C13H20MgO2. The van der Waals surface area contributed by atoms with Crippen molar-refractivity contribution in [3.63, 3.8) is 0 Å². The van der Waals surface area contributed by atoms with E-state index in [1.807, 2.05) is 24.3 Å². The first-order valence-electron chi connectivity index (χ1n) is 5.32. The fourth-order valence-corrected chi connectivity index (χ4v) is 1.56. The van der Waals surface area contributed by atoms with Crippen LogP contribution in [-0.2, 0) is 11.2 Å². The lowest BCUT2D eigenvalue weighted by Gasteiger charge is -2.09. The highest BCUT2D eigenvalue weighted by molar-refractivity contribution is 5.75. The van der Waals surface area contributed by atoms with Crippen molar-refractivity contribution >= 4 is 29.0 Å². The zero-order chi connectivity index (χ0) is 11.4. The van der Waals surface area contributed by atoms with Crippen molar-refractivity contribution in [1.29, 1.82) is 0 Å². The summed E-state index contributed by atoms with van der Waals surface area (Å²) in [6.45, 7) is 6.06. The third-order valence-electron chi connectivity index (χ3n) is 2.49. The molecule has 0 spiro atoms. The van der Waals surface area contributed by atoms with Crippen LogP contribution in [0.2, 0.25) is 0 Å². The van der Waals surface area contributed by atoms with Crippen molar-refractivity contribution in [1.82, 2.24) is 0 Å². The number of carboxylic acids is 1. The molecule has 0 amide bonds. The average Bonchev–Trinajstić information content (AvgIpc) is 2.17. The lowest BCUT2D eigenvalue weighted by atomic mass is 9.97. The Balaban J connectivity index is 0.00000225. The smallest absolute Gasteiger partial charge is 0.316 e. The van der Waals surface area contributed by atoms with Crippen LogP contribution in [0.25, 0.3) is 0 Å². The predicted molar refractivity (Wildman–Crippen MR) is 69.6 cm³/mol. The van der Waals surface area contributed by atoms with Crippen LogP contribution < -0.4 is 0 Å². The van der Waals surface area contributed by atoms with Gasteiger partial charge in [0.2, 0.25) is 0 Å². The molecule has 0 aliphatic heterocycles. The second kappa shape index (κ2) is 6.91. The SMILES string of the molecule is CC(C)Cc1ccc(C(C)C(=O)O)cc1.[MgH2]. The van der Waals surface area contributed by atoms with Gasteiger partial charge in [-0.05, 0) is 30.4 Å². The van der Waals surface area contributed by atoms with Crippen LogP contribution in [0.1, 0.15) is 37.8 Å². The highest BCUT2D eigenvalue weighted by atomic mass is 24.3. The number of hydrogen-bond donors (Lipinski definition) is 1. The first-order valence-corrected chi connectivity index (χ1v) is 5.32. The Bertz CT molecular complexity index is 330. The van der Waals surface area contributed by atoms with Crippen LogP contribution in [-0.4, -0.2) is 34.1 Å². The van der Waals surface area contributed by atoms with Crippen LogP contribution in [0.15, 0.2) is 24.3 Å². The number of rotatable bonds is 4. The molecule has 1 rings (SSSR count). The number of hydrogen-bond acceptors (Lipinski definition) is 1. The molecule has 0 aliphatic rings. The normalized spacial score (nSPS) is 12.0. The van der Waals surface area contributed by atoms with Gasteiger partial charge in [-0.15, -0.1) is 0 Å². The molecule has 1 unspecified atom stereocenters. The topological polar surface area (TPSA) is 37.3 Å². The quantitative estimate of drug-likeness (QED) is 0.808. The summed E-state index contributed by atoms with van der Waals surface area (Å²) in [5.41, 5.74) is 2.14. The van der Waals surface area contributed by atoms with Crippen molar-refractivity contribution in [3.05, 3.63) is 35.4 Å². The number of carbonyl (C=O) groups is 1. The summed E-state index contributed by atoms with van der Waals surface area (Å²) in [7, 11) is 0. The molecule has 1 atom stereocenters. The van der Waals surface area contributed by atoms with Gasteiger partial charge in [0.25, 0.3) is 0 Å². The van der Waals surface area contributed by atoms with Crippen LogP contribution in [0.5, 0.6) is 0 Å². The zero-order valence-electron chi connectivity index (χ0n) is 9.53. The maximum Gasteiger partial charge on any atom is 0.316 e. The molecule has 3 heteroatoms. The third-order valence-corrected chi connectivity index (χ3v) is 2.49. The molecule has 1 N–H and O–H groups in total. The van der Waals surface area contributed by atoms with Gasteiger partial charge in [-0.1, -0.05) is 38.1 Å². The monoisotopic (exact) mass is 232 g/mol. The molecule has 16 heavy (non-hydrogen) atoms. The predicted octanol–water partition coefficient (Wildman–Crippen LogP) is 2.16. The summed E-state index contributed by atoms with van der Waals surface area (Å²) < 4.78 is 0. The number of aliphatic carboxylic acids is 1. The summed E-state index contributed by atoms with van der Waals surface area (Å²) in [4.78, 5) is 10.8. The Hall–Kier alpha value is -0.544. The van der Waals surface area contributed by atoms with E-state index in [4.69, 9.17) is 5.11 Å². The van der Waals surface area contributed by atoms with E-state index in [-0.39, 0.29) is 23.1 Å². The van der Waals surface area contributed by atoms with Gasteiger partial charge in [-0.3, -0.25) is 4.79 Å². The number of benzene rings is 1. The number of carboxylic acid groups (broad SMARTS) is 1. The van der Waals surface area contributed by atoms with E-state index in [9.17, 15) is 4.79 Å². The highest BCUT2D eigenvalue weighted by Crippen LogP contribution is 2.17. The van der Waals surface area contributed by atoms with Crippen LogP contribution in [0.4, 0.5) is 0 Å². The average molecular weight is 233 g/mol. The molecule has 1 aromatic carbocycles. The van der Waals surface area contributed by atoms with Gasteiger partial charge in [0.1, 0.15) is 0 Å². The van der Waals surface area contributed by atoms with E-state index in [1.54, 1.807) is 6.92 Å². The second-order valence-corrected chi connectivity index (χ2v) is 4.40. The van der Waals surface area contributed by atoms with E-state index < -0.39 is 11.9 Å². The zero-order valence-corrected chi connectivity index (χ0v) is 9.53. The van der Waals surface area contributed by atoms with Gasteiger partial charge < -0.3 is 5.11 Å². The van der Waals surface area contributed by atoms with Gasteiger partial charge in [0.15, 0.2) is 0 Å². The molecular weight excluding hydrogens is 212 g/mol. The fraction of sp³-hybridized carbons (Fsp3) is 0.462. The Morgan fingerprint density at radius 1 is 1.19 bits per heavy atom. The Morgan fingerprint density at radius 3 is 2.06 bits per heavy atom. The Morgan fingerprint density at radius 2 is 1.69 bits per heavy atom. The molecule has 0 saturated heterocycles. The minimum Gasteiger partial charge on any atom is -0.481 e. The molecule has 0 aromatic heterocycles. The van der Waals surface area contributed by atoms with Gasteiger partial charge in [0, 0.05) is 0 Å². The van der Waals surface area contributed by atoms with Crippen molar-refractivity contribution < 1.29 is 9.90 Å². The Kier molecular flexibility index (Phi) is 6.68. The van der Waals surface area contributed by atoms with E-state index >= 15 is 0 Å². The maximum atomic E-state index is 10.8. The van der Waals surface area contributed by atoms with Crippen LogP contribution in [0.3, 0.4) is 0 Å². The molecule has 2 nitrogen and oxygen atoms in total. The summed E-state index contributed by atoms with van der Waals surface area (Å²) in [6.07, 6.45) is 1.04. The molecule has 0 radical (unpaired) electrons. The van der Waals surface area contributed by atoms with Gasteiger partial charge in [0.05, 0.1) is 5.92 Å². The standard InChI is InChI=1S/C13H18O2.Mg.2H/c1-9(2)8-11-4-6-12(7-5-11)10(3)13(14)15;;;/h4-7,9-10H,8H2,1-3H3,(H,14,15);;;. The Labute approximate surface area is 113 Å². The fourth-order valence-electron chi connectivity index (χ4n) is 1.56. The maximum absolute atomic E-state index is 10.8. The summed E-state index contributed by atoms with van der Waals surface area (Å²) in [5.74, 6) is -0.558. The van der Waals surface area contributed by atoms with Gasteiger partial charge in [-0.25, -0.2) is 0 Å². The van der Waals surface area contributed by atoms with Crippen molar-refractivity contribution in [2.75, 3.05) is 0 Å². The van der Waals surface area contributed by atoms with Crippen LogP contribution >= 0.6 is 0 Å². The molecule has 0 fully saturated rings. The minimum atomic E-state index is -0.772.